The second kappa shape index (κ2) is 9.48. The van der Waals surface area contributed by atoms with E-state index in [0.29, 0.717) is 35.3 Å². The van der Waals surface area contributed by atoms with Gasteiger partial charge in [-0.15, -0.1) is 0 Å². The highest BCUT2D eigenvalue weighted by Crippen LogP contribution is 2.32. The molecule has 0 aliphatic carbocycles. The average Bonchev–Trinajstić information content (AvgIpc) is 3.17. The van der Waals surface area contributed by atoms with E-state index in [1.807, 2.05) is 36.4 Å². The Morgan fingerprint density at radius 1 is 1.28 bits per heavy atom. The number of nitrogens with one attached hydrogen (secondary N) is 1. The zero-order valence-corrected chi connectivity index (χ0v) is 17.8. The quantitative estimate of drug-likeness (QED) is 0.492. The smallest absolute Gasteiger partial charge is 0.262 e. The Morgan fingerprint density at radius 3 is 2.83 bits per heavy atom. The Morgan fingerprint density at radius 2 is 2.07 bits per heavy atom. The number of ether oxygens (including phenoxy) is 3. The van der Waals surface area contributed by atoms with Crippen LogP contribution in [0, 0.1) is 17.2 Å². The van der Waals surface area contributed by atoms with Crippen LogP contribution in [-0.4, -0.2) is 19.3 Å². The lowest BCUT2D eigenvalue weighted by molar-refractivity contribution is -0.117. The minimum atomic E-state index is -0.458. The van der Waals surface area contributed by atoms with Gasteiger partial charge in [0.05, 0.1) is 6.61 Å². The first-order chi connectivity index (χ1) is 14.0. The molecule has 29 heavy (non-hydrogen) atoms. The lowest BCUT2D eigenvalue weighted by atomic mass is 10.1. The number of nitriles is 1. The highest BCUT2D eigenvalue weighted by atomic mass is 79.9. The van der Waals surface area contributed by atoms with E-state index >= 15 is 0 Å². The maximum absolute atomic E-state index is 12.5. The molecule has 0 aromatic heterocycles. The largest absolute Gasteiger partial charge is 0.493 e. The number of hydrogen-bond acceptors (Lipinski definition) is 5. The Bertz CT molecular complexity index is 979. The predicted molar refractivity (Wildman–Crippen MR) is 112 cm³/mol. The third kappa shape index (κ3) is 5.52. The van der Waals surface area contributed by atoms with Crippen LogP contribution in [-0.2, 0) is 11.3 Å². The van der Waals surface area contributed by atoms with Crippen molar-refractivity contribution in [2.24, 2.45) is 5.92 Å². The Balaban J connectivity index is 1.73. The first-order valence-electron chi connectivity index (χ1n) is 9.17. The van der Waals surface area contributed by atoms with E-state index in [0.717, 1.165) is 10.0 Å². The van der Waals surface area contributed by atoms with Gasteiger partial charge in [0.2, 0.25) is 6.79 Å². The van der Waals surface area contributed by atoms with Gasteiger partial charge in [0.1, 0.15) is 17.4 Å². The topological polar surface area (TPSA) is 80.6 Å². The second-order valence-corrected chi connectivity index (χ2v) is 7.84. The van der Waals surface area contributed by atoms with Gasteiger partial charge in [-0.05, 0) is 47.9 Å². The van der Waals surface area contributed by atoms with Crippen LogP contribution in [0.2, 0.25) is 0 Å². The Hall–Kier alpha value is -2.98. The summed E-state index contributed by atoms with van der Waals surface area (Å²) in [5.74, 6) is 1.85. The molecule has 1 aliphatic rings. The molecule has 6 nitrogen and oxygen atoms in total. The van der Waals surface area contributed by atoms with Gasteiger partial charge >= 0.3 is 0 Å². The van der Waals surface area contributed by atoms with Crippen LogP contribution in [0.1, 0.15) is 25.0 Å². The second-order valence-electron chi connectivity index (χ2n) is 6.93. The van der Waals surface area contributed by atoms with Crippen molar-refractivity contribution in [1.29, 1.82) is 5.26 Å². The van der Waals surface area contributed by atoms with Crippen LogP contribution < -0.4 is 19.5 Å². The zero-order valence-electron chi connectivity index (χ0n) is 16.2. The van der Waals surface area contributed by atoms with Crippen molar-refractivity contribution in [3.8, 4) is 23.3 Å². The average molecular weight is 457 g/mol. The monoisotopic (exact) mass is 456 g/mol. The molecule has 1 amide bonds. The van der Waals surface area contributed by atoms with Gasteiger partial charge in [-0.2, -0.15) is 5.26 Å². The van der Waals surface area contributed by atoms with Gasteiger partial charge in [-0.1, -0.05) is 35.8 Å². The van der Waals surface area contributed by atoms with E-state index in [9.17, 15) is 10.1 Å². The molecule has 0 saturated heterocycles. The highest BCUT2D eigenvalue weighted by molar-refractivity contribution is 9.10. The van der Waals surface area contributed by atoms with Crippen molar-refractivity contribution in [2.75, 3.05) is 13.4 Å². The van der Waals surface area contributed by atoms with Gasteiger partial charge in [0.25, 0.3) is 5.91 Å². The third-order valence-electron chi connectivity index (χ3n) is 4.10. The number of hydrogen-bond donors (Lipinski definition) is 1. The van der Waals surface area contributed by atoms with Crippen LogP contribution in [0.4, 0.5) is 0 Å². The van der Waals surface area contributed by atoms with Crippen molar-refractivity contribution in [2.45, 2.75) is 20.4 Å². The summed E-state index contributed by atoms with van der Waals surface area (Å²) in [5, 5.41) is 12.3. The first kappa shape index (κ1) is 20.7. The number of rotatable bonds is 7. The SMILES string of the molecule is CC(C)COc1ccc(Br)cc1C=C(C#N)C(=O)NCc1ccc2c(c1)OCO2. The molecule has 1 N–H and O–H groups in total. The summed E-state index contributed by atoms with van der Waals surface area (Å²) in [6.45, 7) is 5.11. The lowest BCUT2D eigenvalue weighted by Gasteiger charge is -2.12. The number of carbonyl (C=O) groups excluding carboxylic acids is 1. The van der Waals surface area contributed by atoms with E-state index in [1.165, 1.54) is 6.08 Å². The van der Waals surface area contributed by atoms with Crippen LogP contribution in [0.3, 0.4) is 0 Å². The maximum atomic E-state index is 12.5. The summed E-state index contributed by atoms with van der Waals surface area (Å²) in [7, 11) is 0. The van der Waals surface area contributed by atoms with E-state index in [2.05, 4.69) is 35.1 Å². The van der Waals surface area contributed by atoms with Crippen molar-refractivity contribution in [1.82, 2.24) is 5.32 Å². The summed E-state index contributed by atoms with van der Waals surface area (Å²) in [5.41, 5.74) is 1.51. The van der Waals surface area contributed by atoms with Gasteiger partial charge < -0.3 is 19.5 Å². The molecular formula is C22H21BrN2O4. The van der Waals surface area contributed by atoms with Gasteiger partial charge in [0.15, 0.2) is 11.5 Å². The fraction of sp³-hybridized carbons (Fsp3) is 0.273. The molecule has 150 valence electrons. The van der Waals surface area contributed by atoms with Crippen LogP contribution in [0.5, 0.6) is 17.2 Å². The summed E-state index contributed by atoms with van der Waals surface area (Å²) in [6, 6.07) is 12.9. The van der Waals surface area contributed by atoms with E-state index in [4.69, 9.17) is 14.2 Å². The molecule has 0 unspecified atom stereocenters. The van der Waals surface area contributed by atoms with Crippen molar-refractivity contribution in [3.63, 3.8) is 0 Å². The Kier molecular flexibility index (Phi) is 6.78. The molecule has 0 bridgehead atoms. The Labute approximate surface area is 178 Å². The molecule has 2 aromatic carbocycles. The van der Waals surface area contributed by atoms with E-state index in [1.54, 1.807) is 6.07 Å². The normalized spacial score (nSPS) is 12.6. The lowest BCUT2D eigenvalue weighted by Crippen LogP contribution is -2.24. The molecule has 0 radical (unpaired) electrons. The van der Waals surface area contributed by atoms with E-state index in [-0.39, 0.29) is 18.9 Å². The molecule has 2 aromatic rings. The summed E-state index contributed by atoms with van der Waals surface area (Å²) >= 11 is 3.42. The summed E-state index contributed by atoms with van der Waals surface area (Å²) in [4.78, 5) is 12.5. The van der Waals surface area contributed by atoms with Crippen LogP contribution in [0.25, 0.3) is 6.08 Å². The number of benzene rings is 2. The minimum Gasteiger partial charge on any atom is -0.493 e. The van der Waals surface area contributed by atoms with Gasteiger partial charge in [0, 0.05) is 16.6 Å². The molecule has 0 saturated carbocycles. The van der Waals surface area contributed by atoms with Crippen molar-refractivity contribution < 1.29 is 19.0 Å². The number of amides is 1. The highest BCUT2D eigenvalue weighted by Gasteiger charge is 2.15. The third-order valence-corrected chi connectivity index (χ3v) is 4.59. The zero-order chi connectivity index (χ0) is 20.8. The van der Waals surface area contributed by atoms with E-state index < -0.39 is 5.91 Å². The summed E-state index contributed by atoms with van der Waals surface area (Å²) in [6.07, 6.45) is 1.54. The maximum Gasteiger partial charge on any atom is 0.262 e. The van der Waals surface area contributed by atoms with Gasteiger partial charge in [-0.3, -0.25) is 4.79 Å². The molecule has 0 spiro atoms. The van der Waals surface area contributed by atoms with Crippen molar-refractivity contribution in [3.05, 3.63) is 57.6 Å². The van der Waals surface area contributed by atoms with Crippen LogP contribution >= 0.6 is 15.9 Å². The molecule has 1 heterocycles. The molecular weight excluding hydrogens is 436 g/mol. The summed E-state index contributed by atoms with van der Waals surface area (Å²) < 4.78 is 17.3. The van der Waals surface area contributed by atoms with Crippen molar-refractivity contribution >= 4 is 27.9 Å². The fourth-order valence-electron chi connectivity index (χ4n) is 2.65. The molecule has 7 heteroatoms. The molecule has 3 rings (SSSR count). The number of halogens is 1. The molecule has 1 aliphatic heterocycles. The predicted octanol–water partition coefficient (Wildman–Crippen LogP) is 4.44. The van der Waals surface area contributed by atoms with Crippen LogP contribution in [0.15, 0.2) is 46.4 Å². The number of nitrogens with zero attached hydrogens (tertiary/aromatic N) is 1. The molecule has 0 atom stereocenters. The fourth-order valence-corrected chi connectivity index (χ4v) is 3.03. The molecule has 0 fully saturated rings. The standard InChI is InChI=1S/C22H21BrN2O4/c1-14(2)12-27-19-6-4-18(23)9-16(19)8-17(10-24)22(26)25-11-15-3-5-20-21(7-15)29-13-28-20/h3-9,14H,11-13H2,1-2H3,(H,25,26). The number of fused-ring (bicyclic) bond motifs is 1. The number of carbonyl (C=O) groups is 1. The first-order valence-corrected chi connectivity index (χ1v) is 9.96. The minimum absolute atomic E-state index is 0.00163. The van der Waals surface area contributed by atoms with Gasteiger partial charge in [-0.25, -0.2) is 0 Å².